The molecule has 5 nitrogen and oxygen atoms in total. The molecular weight excluding hydrogens is 250 g/mol. The number of thiophene rings is 1. The Morgan fingerprint density at radius 1 is 1.50 bits per heavy atom. The minimum absolute atomic E-state index is 0.0215. The zero-order valence-corrected chi connectivity index (χ0v) is 11.5. The summed E-state index contributed by atoms with van der Waals surface area (Å²) < 4.78 is 0. The highest BCUT2D eigenvalue weighted by Crippen LogP contribution is 2.12. The molecule has 1 aromatic heterocycles. The Hall–Kier alpha value is -1.69. The molecule has 98 valence electrons. The van der Waals surface area contributed by atoms with Crippen molar-refractivity contribution in [3.8, 4) is 0 Å². The van der Waals surface area contributed by atoms with Gasteiger partial charge in [-0.25, -0.2) is 5.43 Å². The Balaban J connectivity index is 2.44. The van der Waals surface area contributed by atoms with Crippen molar-refractivity contribution in [1.29, 1.82) is 0 Å². The van der Waals surface area contributed by atoms with Gasteiger partial charge in [-0.3, -0.25) is 9.59 Å². The van der Waals surface area contributed by atoms with Crippen LogP contribution < -0.4 is 10.7 Å². The molecule has 1 heterocycles. The number of carbonyl (C=O) groups is 2. The van der Waals surface area contributed by atoms with Crippen LogP contribution in [0.5, 0.6) is 0 Å². The van der Waals surface area contributed by atoms with Crippen molar-refractivity contribution in [1.82, 2.24) is 10.7 Å². The van der Waals surface area contributed by atoms with Gasteiger partial charge in [0, 0.05) is 10.9 Å². The molecule has 0 aliphatic carbocycles. The van der Waals surface area contributed by atoms with Crippen LogP contribution in [0.3, 0.4) is 0 Å². The Morgan fingerprint density at radius 3 is 2.78 bits per heavy atom. The van der Waals surface area contributed by atoms with Gasteiger partial charge < -0.3 is 5.32 Å². The molecule has 18 heavy (non-hydrogen) atoms. The Bertz CT molecular complexity index is 454. The molecule has 0 aliphatic heterocycles. The van der Waals surface area contributed by atoms with Gasteiger partial charge in [-0.15, -0.1) is 11.3 Å². The molecule has 0 unspecified atom stereocenters. The first-order valence-electron chi connectivity index (χ1n) is 5.72. The molecule has 0 aromatic carbocycles. The zero-order chi connectivity index (χ0) is 13.5. The van der Waals surface area contributed by atoms with Gasteiger partial charge in [-0.2, -0.15) is 5.10 Å². The van der Waals surface area contributed by atoms with E-state index in [9.17, 15) is 9.59 Å². The third-order valence-corrected chi connectivity index (χ3v) is 3.40. The van der Waals surface area contributed by atoms with Gasteiger partial charge in [0.2, 0.25) is 0 Å². The molecule has 0 bridgehead atoms. The summed E-state index contributed by atoms with van der Waals surface area (Å²) in [5.41, 5.74) is 3.29. The summed E-state index contributed by atoms with van der Waals surface area (Å²) in [5, 5.41) is 8.25. The Labute approximate surface area is 110 Å². The second kappa shape index (κ2) is 6.90. The molecular formula is C12H17N3O2S. The fraction of sp³-hybridized carbons (Fsp3) is 0.417. The summed E-state index contributed by atoms with van der Waals surface area (Å²) >= 11 is 1.52. The first-order valence-corrected chi connectivity index (χ1v) is 6.60. The van der Waals surface area contributed by atoms with Crippen molar-refractivity contribution in [2.75, 3.05) is 0 Å². The molecule has 1 aromatic rings. The van der Waals surface area contributed by atoms with Crippen LogP contribution in [0.15, 0.2) is 16.5 Å². The quantitative estimate of drug-likeness (QED) is 0.492. The van der Waals surface area contributed by atoms with Crippen molar-refractivity contribution in [3.05, 3.63) is 21.9 Å². The number of carbonyl (C=O) groups excluding carboxylic acids is 2. The summed E-state index contributed by atoms with van der Waals surface area (Å²) in [6, 6.07) is 1.94. The van der Waals surface area contributed by atoms with E-state index in [4.69, 9.17) is 0 Å². The number of nitrogens with one attached hydrogen (secondary N) is 2. The van der Waals surface area contributed by atoms with E-state index in [1.165, 1.54) is 17.6 Å². The molecule has 0 saturated heterocycles. The number of aryl methyl sites for hydroxylation is 1. The van der Waals surface area contributed by atoms with E-state index in [-0.39, 0.29) is 6.04 Å². The topological polar surface area (TPSA) is 70.6 Å². The Morgan fingerprint density at radius 2 is 2.22 bits per heavy atom. The number of amides is 2. The van der Waals surface area contributed by atoms with E-state index < -0.39 is 11.8 Å². The third-order valence-electron chi connectivity index (χ3n) is 2.45. The smallest absolute Gasteiger partial charge is 0.329 e. The highest BCUT2D eigenvalue weighted by atomic mass is 32.1. The molecule has 2 N–H and O–H groups in total. The van der Waals surface area contributed by atoms with Crippen molar-refractivity contribution < 1.29 is 9.59 Å². The van der Waals surface area contributed by atoms with Gasteiger partial charge in [0.25, 0.3) is 0 Å². The molecule has 2 amide bonds. The highest BCUT2D eigenvalue weighted by molar-refractivity contribution is 7.11. The summed E-state index contributed by atoms with van der Waals surface area (Å²) in [6.45, 7) is 5.72. The van der Waals surface area contributed by atoms with Crippen LogP contribution in [0.2, 0.25) is 0 Å². The van der Waals surface area contributed by atoms with Gasteiger partial charge >= 0.3 is 11.8 Å². The van der Waals surface area contributed by atoms with Crippen LogP contribution in [0.1, 0.15) is 30.7 Å². The van der Waals surface area contributed by atoms with Gasteiger partial charge in [-0.05, 0) is 37.3 Å². The lowest BCUT2D eigenvalue weighted by atomic mass is 10.2. The zero-order valence-electron chi connectivity index (χ0n) is 10.7. The fourth-order valence-corrected chi connectivity index (χ4v) is 1.89. The number of hydrogen-bond acceptors (Lipinski definition) is 4. The van der Waals surface area contributed by atoms with E-state index in [0.717, 1.165) is 16.9 Å². The average molecular weight is 267 g/mol. The minimum Gasteiger partial charge on any atom is -0.345 e. The standard InChI is InChI=1S/C12H17N3O2S/c1-4-9(3)14-11(16)12(17)15-13-7-10-8(2)5-6-18-10/h5-7,9H,4H2,1-3H3,(H,14,16)(H,15,17)/b13-7-/t9-/m0/s1. The van der Waals surface area contributed by atoms with Crippen molar-refractivity contribution >= 4 is 29.4 Å². The van der Waals surface area contributed by atoms with Gasteiger partial charge in [-0.1, -0.05) is 6.92 Å². The van der Waals surface area contributed by atoms with Crippen LogP contribution in [-0.2, 0) is 9.59 Å². The highest BCUT2D eigenvalue weighted by Gasteiger charge is 2.14. The second-order valence-corrected chi connectivity index (χ2v) is 4.90. The summed E-state index contributed by atoms with van der Waals surface area (Å²) in [7, 11) is 0. The average Bonchev–Trinajstić information content (AvgIpc) is 2.74. The number of hydrogen-bond donors (Lipinski definition) is 2. The van der Waals surface area contributed by atoms with E-state index in [1.54, 1.807) is 0 Å². The first kappa shape index (κ1) is 14.4. The third kappa shape index (κ3) is 4.29. The van der Waals surface area contributed by atoms with E-state index in [0.29, 0.717) is 0 Å². The van der Waals surface area contributed by atoms with Crippen molar-refractivity contribution in [2.45, 2.75) is 33.2 Å². The molecule has 0 radical (unpaired) electrons. The van der Waals surface area contributed by atoms with E-state index in [2.05, 4.69) is 15.8 Å². The maximum absolute atomic E-state index is 11.4. The summed E-state index contributed by atoms with van der Waals surface area (Å²) in [5.74, 6) is -1.41. The number of rotatable bonds is 4. The maximum atomic E-state index is 11.4. The molecule has 1 atom stereocenters. The van der Waals surface area contributed by atoms with Gasteiger partial charge in [0.1, 0.15) is 0 Å². The predicted octanol–water partition coefficient (Wildman–Crippen LogP) is 1.42. The SMILES string of the molecule is CC[C@H](C)NC(=O)C(=O)N/N=C\c1sccc1C. The largest absolute Gasteiger partial charge is 0.345 e. The summed E-state index contributed by atoms with van der Waals surface area (Å²) in [6.07, 6.45) is 2.31. The van der Waals surface area contributed by atoms with Crippen LogP contribution in [-0.4, -0.2) is 24.1 Å². The molecule has 0 fully saturated rings. The van der Waals surface area contributed by atoms with Crippen molar-refractivity contribution in [2.24, 2.45) is 5.10 Å². The van der Waals surface area contributed by atoms with Crippen LogP contribution in [0, 0.1) is 6.92 Å². The van der Waals surface area contributed by atoms with Gasteiger partial charge in [0.15, 0.2) is 0 Å². The molecule has 6 heteroatoms. The lowest BCUT2D eigenvalue weighted by Crippen LogP contribution is -2.41. The molecule has 0 aliphatic rings. The van der Waals surface area contributed by atoms with Crippen LogP contribution >= 0.6 is 11.3 Å². The lowest BCUT2D eigenvalue weighted by molar-refractivity contribution is -0.139. The molecule has 0 spiro atoms. The van der Waals surface area contributed by atoms with E-state index >= 15 is 0 Å². The maximum Gasteiger partial charge on any atom is 0.329 e. The normalized spacial score (nSPS) is 12.4. The molecule has 0 saturated carbocycles. The number of hydrazone groups is 1. The monoisotopic (exact) mass is 267 g/mol. The molecule has 1 rings (SSSR count). The number of nitrogens with zero attached hydrogens (tertiary/aromatic N) is 1. The van der Waals surface area contributed by atoms with Crippen LogP contribution in [0.25, 0.3) is 0 Å². The minimum atomic E-state index is -0.749. The lowest BCUT2D eigenvalue weighted by Gasteiger charge is -2.09. The fourth-order valence-electron chi connectivity index (χ4n) is 1.11. The van der Waals surface area contributed by atoms with Crippen LogP contribution in [0.4, 0.5) is 0 Å². The predicted molar refractivity (Wildman–Crippen MR) is 72.7 cm³/mol. The van der Waals surface area contributed by atoms with Crippen molar-refractivity contribution in [3.63, 3.8) is 0 Å². The first-order chi connectivity index (χ1) is 8.54. The van der Waals surface area contributed by atoms with E-state index in [1.807, 2.05) is 32.2 Å². The Kier molecular flexibility index (Phi) is 5.51. The second-order valence-electron chi connectivity index (χ2n) is 3.95. The van der Waals surface area contributed by atoms with Gasteiger partial charge in [0.05, 0.1) is 6.21 Å². The summed E-state index contributed by atoms with van der Waals surface area (Å²) in [4.78, 5) is 23.7.